The zero-order valence-electron chi connectivity index (χ0n) is 16.8. The molecule has 1 unspecified atom stereocenters. The Morgan fingerprint density at radius 1 is 1.28 bits per heavy atom. The van der Waals surface area contributed by atoms with Gasteiger partial charge < -0.3 is 26.3 Å². The maximum atomic E-state index is 12.7. The Balaban J connectivity index is 1.64. The van der Waals surface area contributed by atoms with E-state index in [4.69, 9.17) is 32.5 Å². The summed E-state index contributed by atoms with van der Waals surface area (Å²) in [6.45, 7) is 5.50. The van der Waals surface area contributed by atoms with E-state index in [-0.39, 0.29) is 0 Å². The van der Waals surface area contributed by atoms with Crippen molar-refractivity contribution in [3.05, 3.63) is 70.2 Å². The van der Waals surface area contributed by atoms with Gasteiger partial charge in [0.1, 0.15) is 23.2 Å². The Kier molecular flexibility index (Phi) is 6.05. The second kappa shape index (κ2) is 8.35. The average molecular weight is 416 g/mol. The Hall–Kier alpha value is -2.70. The minimum Gasteiger partial charge on any atom is -0.458 e. The zero-order chi connectivity index (χ0) is 21.2. The normalized spacial score (nSPS) is 14.5. The van der Waals surface area contributed by atoms with E-state index < -0.39 is 17.6 Å². The Morgan fingerprint density at radius 2 is 2.00 bits per heavy atom. The Bertz CT molecular complexity index is 956. The number of anilines is 1. The van der Waals surface area contributed by atoms with E-state index in [2.05, 4.69) is 5.32 Å². The molecule has 0 radical (unpaired) electrons. The van der Waals surface area contributed by atoms with Crippen molar-refractivity contribution in [3.63, 3.8) is 0 Å². The van der Waals surface area contributed by atoms with E-state index in [1.807, 2.05) is 38.1 Å². The summed E-state index contributed by atoms with van der Waals surface area (Å²) in [5.74, 6) is 1.15. The first kappa shape index (κ1) is 21.0. The number of hydrogen-bond donors (Lipinski definition) is 3. The molecule has 0 amide bonds. The number of halogens is 1. The summed E-state index contributed by atoms with van der Waals surface area (Å²) in [7, 11) is 0. The third kappa shape index (κ3) is 5.02. The predicted octanol–water partition coefficient (Wildman–Crippen LogP) is 4.25. The SMILES string of the molecule is CC1=C(N)Nc2cc(C(N)C(=O)OC(C)(C)CCc3ccccc3Cl)ccc2O1. The molecule has 1 aliphatic heterocycles. The largest absolute Gasteiger partial charge is 0.458 e. The highest BCUT2D eigenvalue weighted by molar-refractivity contribution is 6.31. The number of nitrogens with two attached hydrogens (primary N) is 2. The third-order valence-electron chi connectivity index (χ3n) is 4.86. The average Bonchev–Trinajstić information content (AvgIpc) is 2.67. The highest BCUT2D eigenvalue weighted by Gasteiger charge is 2.28. The first-order chi connectivity index (χ1) is 13.7. The van der Waals surface area contributed by atoms with Crippen LogP contribution in [-0.2, 0) is 16.0 Å². The summed E-state index contributed by atoms with van der Waals surface area (Å²) in [6.07, 6.45) is 1.32. The van der Waals surface area contributed by atoms with Crippen LogP contribution >= 0.6 is 11.6 Å². The summed E-state index contributed by atoms with van der Waals surface area (Å²) in [5.41, 5.74) is 13.6. The monoisotopic (exact) mass is 415 g/mol. The van der Waals surface area contributed by atoms with E-state index in [9.17, 15) is 4.79 Å². The maximum Gasteiger partial charge on any atom is 0.328 e. The zero-order valence-corrected chi connectivity index (χ0v) is 17.5. The second-order valence-electron chi connectivity index (χ2n) is 7.70. The number of allylic oxidation sites excluding steroid dienone is 1. The van der Waals surface area contributed by atoms with Crippen LogP contribution in [0.1, 0.15) is 44.4 Å². The molecule has 0 fully saturated rings. The lowest BCUT2D eigenvalue weighted by Crippen LogP contribution is -2.34. The molecule has 154 valence electrons. The highest BCUT2D eigenvalue weighted by atomic mass is 35.5. The van der Waals surface area contributed by atoms with Gasteiger partial charge in [0, 0.05) is 5.02 Å². The van der Waals surface area contributed by atoms with E-state index in [1.165, 1.54) is 0 Å². The third-order valence-corrected chi connectivity index (χ3v) is 5.23. The molecular weight excluding hydrogens is 390 g/mol. The van der Waals surface area contributed by atoms with Gasteiger partial charge in [0.25, 0.3) is 0 Å². The van der Waals surface area contributed by atoms with E-state index in [0.717, 1.165) is 5.56 Å². The van der Waals surface area contributed by atoms with Crippen LogP contribution < -0.4 is 21.5 Å². The molecule has 0 spiro atoms. The molecule has 0 aliphatic carbocycles. The van der Waals surface area contributed by atoms with Gasteiger partial charge in [0.05, 0.1) is 5.69 Å². The molecule has 2 aromatic rings. The molecule has 2 aromatic carbocycles. The van der Waals surface area contributed by atoms with Gasteiger partial charge >= 0.3 is 5.97 Å². The van der Waals surface area contributed by atoms with Crippen molar-refractivity contribution in [2.75, 3.05) is 5.32 Å². The molecule has 0 saturated carbocycles. The lowest BCUT2D eigenvalue weighted by molar-refractivity contribution is -0.158. The van der Waals surface area contributed by atoms with Crippen LogP contribution in [0.15, 0.2) is 54.0 Å². The number of nitrogens with one attached hydrogen (secondary N) is 1. The first-order valence-corrected chi connectivity index (χ1v) is 9.81. The molecule has 29 heavy (non-hydrogen) atoms. The molecule has 1 atom stereocenters. The van der Waals surface area contributed by atoms with E-state index in [1.54, 1.807) is 25.1 Å². The number of esters is 1. The van der Waals surface area contributed by atoms with Crippen molar-refractivity contribution in [1.82, 2.24) is 0 Å². The number of carbonyl (C=O) groups excluding carboxylic acids is 1. The number of benzene rings is 2. The van der Waals surface area contributed by atoms with Crippen molar-refractivity contribution >= 4 is 23.3 Å². The maximum absolute atomic E-state index is 12.7. The van der Waals surface area contributed by atoms with Gasteiger partial charge in [0.15, 0.2) is 5.75 Å². The molecule has 0 bridgehead atoms. The molecule has 3 rings (SSSR count). The van der Waals surface area contributed by atoms with Crippen LogP contribution in [0.5, 0.6) is 5.75 Å². The van der Waals surface area contributed by atoms with Crippen molar-refractivity contribution in [1.29, 1.82) is 0 Å². The van der Waals surface area contributed by atoms with Gasteiger partial charge in [0.2, 0.25) is 0 Å². The van der Waals surface area contributed by atoms with Crippen molar-refractivity contribution in [3.8, 4) is 5.75 Å². The van der Waals surface area contributed by atoms with Gasteiger partial charge in [-0.25, -0.2) is 4.79 Å². The van der Waals surface area contributed by atoms with Gasteiger partial charge in [-0.15, -0.1) is 0 Å². The lowest BCUT2D eigenvalue weighted by atomic mass is 9.98. The molecule has 7 heteroatoms. The second-order valence-corrected chi connectivity index (χ2v) is 8.11. The number of aryl methyl sites for hydroxylation is 1. The van der Waals surface area contributed by atoms with Crippen molar-refractivity contribution in [2.45, 2.75) is 45.3 Å². The molecule has 0 saturated heterocycles. The number of rotatable bonds is 6. The van der Waals surface area contributed by atoms with Crippen LogP contribution in [0.4, 0.5) is 5.69 Å². The van der Waals surface area contributed by atoms with Crippen molar-refractivity contribution < 1.29 is 14.3 Å². The minimum atomic E-state index is -0.921. The van der Waals surface area contributed by atoms with Crippen LogP contribution in [0.25, 0.3) is 0 Å². The van der Waals surface area contributed by atoms with Crippen LogP contribution in [-0.4, -0.2) is 11.6 Å². The first-order valence-electron chi connectivity index (χ1n) is 9.43. The number of carbonyl (C=O) groups is 1. The standard InChI is InChI=1S/C22H26ClN3O3/c1-13-20(25)26-17-12-15(8-9-18(17)28-13)19(24)21(27)29-22(2,3)11-10-14-6-4-5-7-16(14)23/h4-9,12,19,26H,10-11,24-25H2,1-3H3. The highest BCUT2D eigenvalue weighted by Crippen LogP contribution is 2.34. The van der Waals surface area contributed by atoms with Crippen LogP contribution in [0.3, 0.4) is 0 Å². The smallest absolute Gasteiger partial charge is 0.328 e. The van der Waals surface area contributed by atoms with E-state index >= 15 is 0 Å². The fourth-order valence-corrected chi connectivity index (χ4v) is 3.27. The topological polar surface area (TPSA) is 99.6 Å². The summed E-state index contributed by atoms with van der Waals surface area (Å²) in [4.78, 5) is 12.7. The number of hydrogen-bond acceptors (Lipinski definition) is 6. The van der Waals surface area contributed by atoms with E-state index in [0.29, 0.717) is 46.4 Å². The summed E-state index contributed by atoms with van der Waals surface area (Å²) < 4.78 is 11.3. The lowest BCUT2D eigenvalue weighted by Gasteiger charge is -2.27. The Morgan fingerprint density at radius 3 is 2.72 bits per heavy atom. The molecular formula is C22H26ClN3O3. The molecule has 0 aromatic heterocycles. The predicted molar refractivity (Wildman–Crippen MR) is 114 cm³/mol. The quantitative estimate of drug-likeness (QED) is 0.610. The fourth-order valence-electron chi connectivity index (χ4n) is 3.04. The van der Waals surface area contributed by atoms with Gasteiger partial charge in [-0.2, -0.15) is 0 Å². The van der Waals surface area contributed by atoms with Crippen molar-refractivity contribution in [2.24, 2.45) is 11.5 Å². The molecule has 6 nitrogen and oxygen atoms in total. The summed E-state index contributed by atoms with van der Waals surface area (Å²) in [6, 6.07) is 12.0. The minimum absolute atomic E-state index is 0.423. The van der Waals surface area contributed by atoms with Crippen LogP contribution in [0, 0.1) is 0 Å². The molecule has 5 N–H and O–H groups in total. The molecule has 1 heterocycles. The van der Waals surface area contributed by atoms with Gasteiger partial charge in [-0.3, -0.25) is 0 Å². The number of fused-ring (bicyclic) bond motifs is 1. The van der Waals surface area contributed by atoms with Gasteiger partial charge in [-0.1, -0.05) is 35.9 Å². The summed E-state index contributed by atoms with van der Waals surface area (Å²) >= 11 is 6.21. The summed E-state index contributed by atoms with van der Waals surface area (Å²) in [5, 5.41) is 3.76. The fraction of sp³-hybridized carbons (Fsp3) is 0.318. The molecule has 1 aliphatic rings. The number of ether oxygens (including phenoxy) is 2. The Labute approximate surface area is 175 Å². The van der Waals surface area contributed by atoms with Crippen LogP contribution in [0.2, 0.25) is 5.02 Å². The van der Waals surface area contributed by atoms with Gasteiger partial charge in [-0.05, 0) is 62.9 Å².